The highest BCUT2D eigenvalue weighted by molar-refractivity contribution is 5.94. The van der Waals surface area contributed by atoms with Gasteiger partial charge in [0.2, 0.25) is 0 Å². The molecule has 0 spiro atoms. The van der Waals surface area contributed by atoms with Gasteiger partial charge in [0, 0.05) is 32.0 Å². The fourth-order valence-corrected chi connectivity index (χ4v) is 3.15. The summed E-state index contributed by atoms with van der Waals surface area (Å²) in [7, 11) is 3.93. The molecule has 0 radical (unpaired) electrons. The average Bonchev–Trinajstić information content (AvgIpc) is 3.10. The number of hydrogen-bond acceptors (Lipinski definition) is 4. The van der Waals surface area contributed by atoms with Crippen LogP contribution in [0.15, 0.2) is 48.7 Å². The number of nitrogens with one attached hydrogen (secondary N) is 1. The van der Waals surface area contributed by atoms with E-state index in [0.717, 1.165) is 37.6 Å². The van der Waals surface area contributed by atoms with E-state index in [1.54, 1.807) is 6.20 Å². The summed E-state index contributed by atoms with van der Waals surface area (Å²) < 4.78 is 0. The van der Waals surface area contributed by atoms with Gasteiger partial charge in [-0.15, -0.1) is 0 Å². The van der Waals surface area contributed by atoms with Gasteiger partial charge in [0.05, 0.1) is 5.56 Å². The molecule has 1 saturated heterocycles. The molecule has 1 amide bonds. The lowest BCUT2D eigenvalue weighted by atomic mass is 10.1. The first kappa shape index (κ1) is 16.5. The highest BCUT2D eigenvalue weighted by Gasteiger charge is 2.26. The molecular formula is C19H24N4O. The van der Waals surface area contributed by atoms with Gasteiger partial charge >= 0.3 is 0 Å². The van der Waals surface area contributed by atoms with E-state index in [4.69, 9.17) is 0 Å². The van der Waals surface area contributed by atoms with E-state index in [1.807, 2.05) is 66.4 Å². The van der Waals surface area contributed by atoms with Crippen LogP contribution in [0.4, 0.5) is 11.5 Å². The maximum Gasteiger partial charge on any atom is 0.255 e. The zero-order chi connectivity index (χ0) is 16.9. The molecule has 0 bridgehead atoms. The van der Waals surface area contributed by atoms with Gasteiger partial charge in [-0.2, -0.15) is 0 Å². The lowest BCUT2D eigenvalue weighted by molar-refractivity contribution is 0.0787. The quantitative estimate of drug-likeness (QED) is 0.918. The summed E-state index contributed by atoms with van der Waals surface area (Å²) in [5.74, 6) is 1.46. The second-order valence-corrected chi connectivity index (χ2v) is 6.26. The van der Waals surface area contributed by atoms with Crippen molar-refractivity contribution in [1.82, 2.24) is 15.2 Å². The summed E-state index contributed by atoms with van der Waals surface area (Å²) in [5, 5.41) is 3.19. The van der Waals surface area contributed by atoms with Crippen LogP contribution < -0.4 is 10.2 Å². The highest BCUT2D eigenvalue weighted by atomic mass is 16.2. The molecular weight excluding hydrogens is 300 g/mol. The smallest absolute Gasteiger partial charge is 0.255 e. The summed E-state index contributed by atoms with van der Waals surface area (Å²) in [5.41, 5.74) is 1.73. The predicted octanol–water partition coefficient (Wildman–Crippen LogP) is 2.53. The van der Waals surface area contributed by atoms with E-state index < -0.39 is 0 Å². The number of amides is 1. The highest BCUT2D eigenvalue weighted by Crippen LogP contribution is 2.22. The van der Waals surface area contributed by atoms with Gasteiger partial charge in [-0.3, -0.25) is 4.79 Å². The Morgan fingerprint density at radius 2 is 2.08 bits per heavy atom. The van der Waals surface area contributed by atoms with Crippen molar-refractivity contribution < 1.29 is 4.79 Å². The zero-order valence-corrected chi connectivity index (χ0v) is 14.3. The number of para-hydroxylation sites is 1. The van der Waals surface area contributed by atoms with Gasteiger partial charge in [-0.05, 0) is 50.2 Å². The molecule has 1 atom stereocenters. The van der Waals surface area contributed by atoms with Crippen LogP contribution >= 0.6 is 0 Å². The molecule has 0 saturated carbocycles. The summed E-state index contributed by atoms with van der Waals surface area (Å²) in [6, 6.07) is 13.8. The minimum Gasteiger partial charge on any atom is -0.338 e. The molecule has 0 aliphatic carbocycles. The van der Waals surface area contributed by atoms with E-state index in [0.29, 0.717) is 11.5 Å². The third-order valence-electron chi connectivity index (χ3n) is 4.55. The van der Waals surface area contributed by atoms with E-state index in [-0.39, 0.29) is 5.91 Å². The summed E-state index contributed by atoms with van der Waals surface area (Å²) in [4.78, 5) is 21.0. The van der Waals surface area contributed by atoms with Gasteiger partial charge in [0.25, 0.3) is 5.91 Å². The van der Waals surface area contributed by atoms with Gasteiger partial charge in [0.15, 0.2) is 0 Å². The number of likely N-dealkylation sites (tertiary alicyclic amines) is 1. The van der Waals surface area contributed by atoms with E-state index >= 15 is 0 Å². The van der Waals surface area contributed by atoms with Gasteiger partial charge in [-0.25, -0.2) is 4.98 Å². The first-order valence-corrected chi connectivity index (χ1v) is 8.37. The van der Waals surface area contributed by atoms with Crippen LogP contribution in [0.3, 0.4) is 0 Å². The van der Waals surface area contributed by atoms with Crippen LogP contribution in [0.2, 0.25) is 0 Å². The van der Waals surface area contributed by atoms with Gasteiger partial charge in [-0.1, -0.05) is 18.2 Å². The Labute approximate surface area is 143 Å². The van der Waals surface area contributed by atoms with Crippen LogP contribution in [-0.4, -0.2) is 49.5 Å². The van der Waals surface area contributed by atoms with Crippen molar-refractivity contribution in [2.24, 2.45) is 5.92 Å². The number of anilines is 2. The van der Waals surface area contributed by atoms with Crippen molar-refractivity contribution >= 4 is 17.4 Å². The topological polar surface area (TPSA) is 48.5 Å². The third-order valence-corrected chi connectivity index (χ3v) is 4.55. The fourth-order valence-electron chi connectivity index (χ4n) is 3.15. The van der Waals surface area contributed by atoms with Crippen LogP contribution in [0.25, 0.3) is 0 Å². The molecule has 1 aromatic heterocycles. The molecule has 1 aliphatic heterocycles. The number of benzene rings is 1. The number of aromatic nitrogens is 1. The molecule has 126 valence electrons. The minimum atomic E-state index is 0.0787. The Balaban J connectivity index is 1.67. The standard InChI is InChI=1S/C19H24N4O/c1-20-12-15-10-11-23(14-15)19(24)16-8-9-18(21-13-16)22(2)17-6-4-3-5-7-17/h3-9,13,15,20H,10-12,14H2,1-2H3. The van der Waals surface area contributed by atoms with Crippen molar-refractivity contribution in [2.75, 3.05) is 38.6 Å². The molecule has 5 nitrogen and oxygen atoms in total. The lowest BCUT2D eigenvalue weighted by Gasteiger charge is -2.19. The lowest BCUT2D eigenvalue weighted by Crippen LogP contribution is -2.30. The van der Waals surface area contributed by atoms with Crippen molar-refractivity contribution in [3.05, 3.63) is 54.2 Å². The summed E-state index contributed by atoms with van der Waals surface area (Å²) in [6.07, 6.45) is 2.75. The van der Waals surface area contributed by atoms with Crippen molar-refractivity contribution in [1.29, 1.82) is 0 Å². The van der Waals surface area contributed by atoms with Gasteiger partial charge < -0.3 is 15.1 Å². The first-order chi connectivity index (χ1) is 11.7. The molecule has 1 unspecified atom stereocenters. The number of hydrogen-bond donors (Lipinski definition) is 1. The predicted molar refractivity (Wildman–Crippen MR) is 96.7 cm³/mol. The second-order valence-electron chi connectivity index (χ2n) is 6.26. The molecule has 2 heterocycles. The van der Waals surface area contributed by atoms with Crippen LogP contribution in [0.1, 0.15) is 16.8 Å². The van der Waals surface area contributed by atoms with E-state index in [2.05, 4.69) is 10.3 Å². The van der Waals surface area contributed by atoms with Crippen LogP contribution in [0, 0.1) is 5.92 Å². The second kappa shape index (κ2) is 7.45. The number of nitrogens with zero attached hydrogens (tertiary/aromatic N) is 3. The number of carbonyl (C=O) groups excluding carboxylic acids is 1. The Hall–Kier alpha value is -2.40. The molecule has 1 aliphatic rings. The Kier molecular flexibility index (Phi) is 5.11. The first-order valence-electron chi connectivity index (χ1n) is 8.37. The largest absolute Gasteiger partial charge is 0.338 e. The number of rotatable bonds is 5. The molecule has 3 rings (SSSR count). The molecule has 1 aromatic carbocycles. The number of carbonyl (C=O) groups is 1. The van der Waals surface area contributed by atoms with Crippen molar-refractivity contribution in [3.8, 4) is 0 Å². The molecule has 2 aromatic rings. The SMILES string of the molecule is CNCC1CCN(C(=O)c2ccc(N(C)c3ccccc3)nc2)C1. The summed E-state index contributed by atoms with van der Waals surface area (Å²) >= 11 is 0. The monoisotopic (exact) mass is 324 g/mol. The molecule has 1 N–H and O–H groups in total. The normalized spacial score (nSPS) is 17.1. The van der Waals surface area contributed by atoms with Crippen molar-refractivity contribution in [3.63, 3.8) is 0 Å². The zero-order valence-electron chi connectivity index (χ0n) is 14.3. The maximum absolute atomic E-state index is 12.6. The Morgan fingerprint density at radius 1 is 1.29 bits per heavy atom. The van der Waals surface area contributed by atoms with E-state index in [1.165, 1.54) is 0 Å². The maximum atomic E-state index is 12.6. The van der Waals surface area contributed by atoms with E-state index in [9.17, 15) is 4.79 Å². The number of pyridine rings is 1. The average molecular weight is 324 g/mol. The fraction of sp³-hybridized carbons (Fsp3) is 0.368. The Morgan fingerprint density at radius 3 is 2.75 bits per heavy atom. The third kappa shape index (κ3) is 3.57. The molecule has 1 fully saturated rings. The molecule has 24 heavy (non-hydrogen) atoms. The molecule has 5 heteroatoms. The van der Waals surface area contributed by atoms with Gasteiger partial charge in [0.1, 0.15) is 5.82 Å². The van der Waals surface area contributed by atoms with Crippen LogP contribution in [0.5, 0.6) is 0 Å². The van der Waals surface area contributed by atoms with Crippen LogP contribution in [-0.2, 0) is 0 Å². The summed E-state index contributed by atoms with van der Waals surface area (Å²) in [6.45, 7) is 2.62. The van der Waals surface area contributed by atoms with Crippen molar-refractivity contribution in [2.45, 2.75) is 6.42 Å². The Bertz CT molecular complexity index is 672. The minimum absolute atomic E-state index is 0.0787.